The molecule has 0 aromatic carbocycles. The summed E-state index contributed by atoms with van der Waals surface area (Å²) in [5.41, 5.74) is 6.31. The highest BCUT2D eigenvalue weighted by atomic mass is 32.1. The fourth-order valence-corrected chi connectivity index (χ4v) is 2.04. The number of unbranched alkanes of at least 4 members (excludes halogenated alkanes) is 1. The third-order valence-corrected chi connectivity index (χ3v) is 2.99. The zero-order valence-corrected chi connectivity index (χ0v) is 11.2. The smallest absolute Gasteiger partial charge is 0.278 e. The average Bonchev–Trinajstić information content (AvgIpc) is 2.31. The molecule has 3 N–H and O–H groups in total. The monoisotopic (exact) mass is 265 g/mol. The van der Waals surface area contributed by atoms with Crippen LogP contribution in [0, 0.1) is 11.7 Å². The summed E-state index contributed by atoms with van der Waals surface area (Å²) in [7, 11) is 0. The molecule has 0 aliphatic rings. The Morgan fingerprint density at radius 3 is 2.83 bits per heavy atom. The maximum absolute atomic E-state index is 12.3. The van der Waals surface area contributed by atoms with Crippen molar-refractivity contribution in [1.82, 2.24) is 19.5 Å². The molecule has 2 rings (SSSR count). The van der Waals surface area contributed by atoms with Gasteiger partial charge in [-0.05, 0) is 25.6 Å². The van der Waals surface area contributed by atoms with E-state index in [1.165, 1.54) is 0 Å². The number of anilines is 1. The molecule has 7 heteroatoms. The SMILES string of the molecule is CCCCn1c(C)nc2c(N)nc(=S)[nH]c2c1=O. The Balaban J connectivity index is 2.77. The molecule has 0 fully saturated rings. The highest BCUT2D eigenvalue weighted by Crippen LogP contribution is 2.11. The van der Waals surface area contributed by atoms with Crippen molar-refractivity contribution in [1.29, 1.82) is 0 Å². The van der Waals surface area contributed by atoms with Gasteiger partial charge in [0.2, 0.25) is 0 Å². The lowest BCUT2D eigenvalue weighted by Gasteiger charge is -2.10. The van der Waals surface area contributed by atoms with Gasteiger partial charge in [0.1, 0.15) is 16.9 Å². The topological polar surface area (TPSA) is 89.6 Å². The molecule has 0 aliphatic heterocycles. The molecule has 0 radical (unpaired) electrons. The number of nitrogen functional groups attached to an aromatic ring is 1. The molecule has 2 aromatic rings. The van der Waals surface area contributed by atoms with Crippen molar-refractivity contribution >= 4 is 29.1 Å². The van der Waals surface area contributed by atoms with Crippen molar-refractivity contribution in [2.24, 2.45) is 0 Å². The first kappa shape index (κ1) is 12.7. The Morgan fingerprint density at radius 2 is 2.17 bits per heavy atom. The average molecular weight is 265 g/mol. The fraction of sp³-hybridized carbons (Fsp3) is 0.455. The number of hydrogen-bond donors (Lipinski definition) is 2. The van der Waals surface area contributed by atoms with Gasteiger partial charge in [0.05, 0.1) is 0 Å². The fourth-order valence-electron chi connectivity index (χ4n) is 1.84. The van der Waals surface area contributed by atoms with Crippen LogP contribution in [0.15, 0.2) is 4.79 Å². The van der Waals surface area contributed by atoms with Gasteiger partial charge >= 0.3 is 0 Å². The summed E-state index contributed by atoms with van der Waals surface area (Å²) in [5.74, 6) is 0.830. The first-order valence-electron chi connectivity index (χ1n) is 5.81. The number of H-pyrrole nitrogens is 1. The van der Waals surface area contributed by atoms with E-state index in [1.807, 2.05) is 0 Å². The van der Waals surface area contributed by atoms with Gasteiger partial charge in [-0.2, -0.15) is 0 Å². The number of nitrogens with two attached hydrogens (primary N) is 1. The van der Waals surface area contributed by atoms with Crippen LogP contribution in [0.3, 0.4) is 0 Å². The van der Waals surface area contributed by atoms with E-state index in [1.54, 1.807) is 11.5 Å². The summed E-state index contributed by atoms with van der Waals surface area (Å²) in [5, 5.41) is 0. The minimum atomic E-state index is -0.147. The van der Waals surface area contributed by atoms with E-state index >= 15 is 0 Å². The lowest BCUT2D eigenvalue weighted by molar-refractivity contribution is 0.590. The third kappa shape index (κ3) is 2.13. The van der Waals surface area contributed by atoms with Gasteiger partial charge < -0.3 is 10.7 Å². The Bertz CT molecular complexity index is 703. The Kier molecular flexibility index (Phi) is 3.42. The standard InChI is InChI=1S/C11H15N5OS/c1-3-4-5-16-6(2)13-7-8(10(16)17)14-11(18)15-9(7)12/h3-5H2,1-2H3,(H3,12,14,15,18). The molecule has 0 bridgehead atoms. The molecule has 96 valence electrons. The van der Waals surface area contributed by atoms with Crippen LogP contribution in [0.25, 0.3) is 11.0 Å². The quantitative estimate of drug-likeness (QED) is 0.822. The normalized spacial score (nSPS) is 11.0. The summed E-state index contributed by atoms with van der Waals surface area (Å²) in [6, 6.07) is 0. The van der Waals surface area contributed by atoms with Crippen LogP contribution < -0.4 is 11.3 Å². The molecule has 0 saturated heterocycles. The van der Waals surface area contributed by atoms with E-state index in [2.05, 4.69) is 21.9 Å². The van der Waals surface area contributed by atoms with Gasteiger partial charge in [-0.25, -0.2) is 9.97 Å². The molecule has 0 spiro atoms. The van der Waals surface area contributed by atoms with Gasteiger partial charge in [0.25, 0.3) is 5.56 Å². The Labute approximate surface area is 109 Å². The van der Waals surface area contributed by atoms with Gasteiger partial charge in [-0.3, -0.25) is 9.36 Å². The summed E-state index contributed by atoms with van der Waals surface area (Å²) >= 11 is 4.93. The number of aromatic amines is 1. The zero-order valence-electron chi connectivity index (χ0n) is 10.4. The summed E-state index contributed by atoms with van der Waals surface area (Å²) in [4.78, 5) is 23.3. The van der Waals surface area contributed by atoms with E-state index in [0.717, 1.165) is 12.8 Å². The largest absolute Gasteiger partial charge is 0.382 e. The Morgan fingerprint density at radius 1 is 1.44 bits per heavy atom. The molecule has 2 aromatic heterocycles. The van der Waals surface area contributed by atoms with Crippen LogP contribution >= 0.6 is 12.2 Å². The molecular formula is C11H15N5OS. The maximum atomic E-state index is 12.3. The van der Waals surface area contributed by atoms with Gasteiger partial charge in [-0.1, -0.05) is 13.3 Å². The van der Waals surface area contributed by atoms with Crippen molar-refractivity contribution in [3.05, 3.63) is 20.9 Å². The second kappa shape index (κ2) is 4.85. The van der Waals surface area contributed by atoms with E-state index in [4.69, 9.17) is 18.0 Å². The molecule has 0 atom stereocenters. The number of nitrogens with one attached hydrogen (secondary N) is 1. The van der Waals surface area contributed by atoms with Crippen molar-refractivity contribution in [3.63, 3.8) is 0 Å². The molecule has 6 nitrogen and oxygen atoms in total. The maximum Gasteiger partial charge on any atom is 0.278 e. The number of aromatic nitrogens is 4. The number of rotatable bonds is 3. The van der Waals surface area contributed by atoms with Crippen LogP contribution in [0.5, 0.6) is 0 Å². The first-order valence-corrected chi connectivity index (χ1v) is 6.22. The minimum Gasteiger partial charge on any atom is -0.382 e. The highest BCUT2D eigenvalue weighted by molar-refractivity contribution is 7.71. The van der Waals surface area contributed by atoms with Crippen LogP contribution in [0.2, 0.25) is 0 Å². The van der Waals surface area contributed by atoms with Crippen LogP contribution in [-0.4, -0.2) is 19.5 Å². The predicted octanol–water partition coefficient (Wildman–Crippen LogP) is 1.54. The minimum absolute atomic E-state index is 0.147. The summed E-state index contributed by atoms with van der Waals surface area (Å²) in [6.07, 6.45) is 1.94. The number of aryl methyl sites for hydroxylation is 1. The van der Waals surface area contributed by atoms with Gasteiger partial charge in [0, 0.05) is 6.54 Å². The van der Waals surface area contributed by atoms with Gasteiger partial charge in [0.15, 0.2) is 10.6 Å². The first-order chi connectivity index (χ1) is 8.54. The molecule has 2 heterocycles. The number of fused-ring (bicyclic) bond motifs is 1. The van der Waals surface area contributed by atoms with Gasteiger partial charge in [-0.15, -0.1) is 0 Å². The second-order valence-electron chi connectivity index (χ2n) is 4.12. The molecule has 0 unspecified atom stereocenters. The van der Waals surface area contributed by atoms with E-state index < -0.39 is 0 Å². The zero-order chi connectivity index (χ0) is 13.3. The highest BCUT2D eigenvalue weighted by Gasteiger charge is 2.11. The predicted molar refractivity (Wildman–Crippen MR) is 73.0 cm³/mol. The van der Waals surface area contributed by atoms with E-state index in [9.17, 15) is 4.79 Å². The van der Waals surface area contributed by atoms with Crippen LogP contribution in [-0.2, 0) is 6.54 Å². The van der Waals surface area contributed by atoms with Crippen molar-refractivity contribution in [3.8, 4) is 0 Å². The van der Waals surface area contributed by atoms with E-state index in [-0.39, 0.29) is 16.1 Å². The number of nitrogens with zero attached hydrogens (tertiary/aromatic N) is 3. The lowest BCUT2D eigenvalue weighted by atomic mass is 10.3. The number of hydrogen-bond acceptors (Lipinski definition) is 5. The molecule has 0 amide bonds. The summed E-state index contributed by atoms with van der Waals surface area (Å²) in [6.45, 7) is 4.51. The molecule has 0 aliphatic carbocycles. The van der Waals surface area contributed by atoms with Crippen LogP contribution in [0.4, 0.5) is 5.82 Å². The van der Waals surface area contributed by atoms with Crippen molar-refractivity contribution in [2.45, 2.75) is 33.2 Å². The molecule has 0 saturated carbocycles. The molecular weight excluding hydrogens is 250 g/mol. The summed E-state index contributed by atoms with van der Waals surface area (Å²) < 4.78 is 1.83. The lowest BCUT2D eigenvalue weighted by Crippen LogP contribution is -2.25. The third-order valence-electron chi connectivity index (χ3n) is 2.79. The van der Waals surface area contributed by atoms with Crippen LogP contribution in [0.1, 0.15) is 25.6 Å². The molecule has 18 heavy (non-hydrogen) atoms. The Hall–Kier alpha value is -1.76. The second-order valence-corrected chi connectivity index (χ2v) is 4.51. The van der Waals surface area contributed by atoms with Crippen molar-refractivity contribution in [2.75, 3.05) is 5.73 Å². The van der Waals surface area contributed by atoms with E-state index in [0.29, 0.717) is 23.4 Å². The van der Waals surface area contributed by atoms with Crippen molar-refractivity contribution < 1.29 is 0 Å².